The van der Waals surface area contributed by atoms with E-state index in [1.54, 1.807) is 0 Å². The molecule has 1 amide bonds. The van der Waals surface area contributed by atoms with E-state index in [1.165, 1.54) is 11.3 Å². The first kappa shape index (κ1) is 25.7. The number of amides is 1. The average molecular weight is 533 g/mol. The number of carbonyl (C=O) groups excluding carboxylic acids is 1. The lowest BCUT2D eigenvalue weighted by atomic mass is 9.89. The third kappa shape index (κ3) is 5.52. The highest BCUT2D eigenvalue weighted by Crippen LogP contribution is 2.37. The normalized spacial score (nSPS) is 17.6. The topological polar surface area (TPSA) is 48.5 Å². The van der Waals surface area contributed by atoms with Gasteiger partial charge in [0, 0.05) is 54.6 Å². The number of rotatable bonds is 7. The van der Waals surface area contributed by atoms with Gasteiger partial charge in [0.15, 0.2) is 0 Å². The molecule has 4 aromatic rings. The first-order chi connectivity index (χ1) is 17.9. The molecule has 1 saturated carbocycles. The molecule has 1 aliphatic rings. The molecule has 0 unspecified atom stereocenters. The maximum atomic E-state index is 14.1. The summed E-state index contributed by atoms with van der Waals surface area (Å²) in [6.07, 6.45) is 6.00. The highest BCUT2D eigenvalue weighted by molar-refractivity contribution is 7.21. The zero-order valence-electron chi connectivity index (χ0n) is 21.6. The summed E-state index contributed by atoms with van der Waals surface area (Å²) in [7, 11) is 6.00. The van der Waals surface area contributed by atoms with Crippen molar-refractivity contribution in [3.8, 4) is 11.1 Å². The van der Waals surface area contributed by atoms with E-state index in [4.69, 9.17) is 11.6 Å². The van der Waals surface area contributed by atoms with Crippen molar-refractivity contribution < 1.29 is 4.79 Å². The summed E-state index contributed by atoms with van der Waals surface area (Å²) in [6, 6.07) is 21.3. The largest absolute Gasteiger partial charge is 0.363 e. The summed E-state index contributed by atoms with van der Waals surface area (Å²) in [6.45, 7) is 0.551. The Kier molecular flexibility index (Phi) is 7.79. The van der Waals surface area contributed by atoms with Crippen molar-refractivity contribution in [3.63, 3.8) is 0 Å². The minimum absolute atomic E-state index is 0.0292. The van der Waals surface area contributed by atoms with Crippen LogP contribution in [-0.4, -0.2) is 49.0 Å². The maximum absolute atomic E-state index is 14.1. The van der Waals surface area contributed by atoms with E-state index in [-0.39, 0.29) is 11.9 Å². The minimum atomic E-state index is 0.0292. The number of nitrogens with zero attached hydrogens (tertiary/aromatic N) is 3. The van der Waals surface area contributed by atoms with Crippen LogP contribution in [0.2, 0.25) is 5.02 Å². The Morgan fingerprint density at radius 2 is 1.81 bits per heavy atom. The molecule has 5 rings (SSSR count). The van der Waals surface area contributed by atoms with Crippen LogP contribution in [0.15, 0.2) is 66.9 Å². The van der Waals surface area contributed by atoms with E-state index in [2.05, 4.69) is 45.5 Å². The molecule has 0 atom stereocenters. The van der Waals surface area contributed by atoms with Gasteiger partial charge in [-0.1, -0.05) is 48.0 Å². The van der Waals surface area contributed by atoms with Gasteiger partial charge in [-0.05, 0) is 68.1 Å². The molecule has 2 aromatic heterocycles. The monoisotopic (exact) mass is 532 g/mol. The van der Waals surface area contributed by atoms with E-state index in [0.717, 1.165) is 58.3 Å². The Morgan fingerprint density at radius 1 is 1.03 bits per heavy atom. The highest BCUT2D eigenvalue weighted by atomic mass is 35.5. The summed E-state index contributed by atoms with van der Waals surface area (Å²) >= 11 is 8.26. The van der Waals surface area contributed by atoms with Gasteiger partial charge >= 0.3 is 0 Å². The van der Waals surface area contributed by atoms with Gasteiger partial charge in [0.25, 0.3) is 5.91 Å². The number of fused-ring (bicyclic) bond motifs is 1. The molecule has 1 fully saturated rings. The standard InChI is InChI=1S/C30H33ClN4OS/c1-32-23-12-14-24(15-13-23)35(30(36)29-28(31)25-9-4-5-10-26(25)37-29)19-20-7-6-8-21(17-20)22-11-16-27(33-18-22)34(2)3/h4-11,16-18,23-24,32H,12-15,19H2,1-3H3/t23-,24-. The molecule has 5 nitrogen and oxygen atoms in total. The first-order valence-corrected chi connectivity index (χ1v) is 14.0. The first-order valence-electron chi connectivity index (χ1n) is 12.8. The van der Waals surface area contributed by atoms with Crippen LogP contribution in [-0.2, 0) is 6.54 Å². The Labute approximate surface area is 228 Å². The number of aromatic nitrogens is 1. The number of hydrogen-bond acceptors (Lipinski definition) is 5. The molecule has 0 radical (unpaired) electrons. The number of halogens is 1. The third-order valence-corrected chi connectivity index (χ3v) is 9.02. The van der Waals surface area contributed by atoms with Crippen molar-refractivity contribution in [3.05, 3.63) is 82.3 Å². The molecule has 2 aromatic carbocycles. The average Bonchev–Trinajstić information content (AvgIpc) is 3.28. The lowest BCUT2D eigenvalue weighted by molar-refractivity contribution is 0.0606. The van der Waals surface area contributed by atoms with Gasteiger partial charge in [-0.25, -0.2) is 4.98 Å². The zero-order valence-corrected chi connectivity index (χ0v) is 23.1. The molecule has 37 heavy (non-hydrogen) atoms. The van der Waals surface area contributed by atoms with E-state index in [0.29, 0.717) is 22.5 Å². The van der Waals surface area contributed by atoms with Crippen molar-refractivity contribution in [2.45, 2.75) is 44.3 Å². The second kappa shape index (κ2) is 11.2. The fraction of sp³-hybridized carbons (Fsp3) is 0.333. The molecule has 1 aliphatic carbocycles. The Hall–Kier alpha value is -2.93. The SMILES string of the molecule is CN[C@H]1CC[C@H](N(Cc2cccc(-c3ccc(N(C)C)nc3)c2)C(=O)c2sc3ccccc3c2Cl)CC1. The second-order valence-corrected chi connectivity index (χ2v) is 11.4. The van der Waals surface area contributed by atoms with Gasteiger partial charge in [0.05, 0.1) is 5.02 Å². The van der Waals surface area contributed by atoms with Crippen molar-refractivity contribution in [1.29, 1.82) is 0 Å². The van der Waals surface area contributed by atoms with E-state index < -0.39 is 0 Å². The molecule has 0 spiro atoms. The number of carbonyl (C=O) groups is 1. The molecular weight excluding hydrogens is 500 g/mol. The molecule has 0 saturated heterocycles. The van der Waals surface area contributed by atoms with E-state index in [9.17, 15) is 4.79 Å². The molecule has 0 bridgehead atoms. The summed E-state index contributed by atoms with van der Waals surface area (Å²) in [4.78, 5) is 23.3. The van der Waals surface area contributed by atoms with Crippen molar-refractivity contribution >= 4 is 44.7 Å². The molecule has 0 aliphatic heterocycles. The summed E-state index contributed by atoms with van der Waals surface area (Å²) in [5, 5.41) is 4.93. The van der Waals surface area contributed by atoms with Crippen molar-refractivity contribution in [2.75, 3.05) is 26.0 Å². The van der Waals surface area contributed by atoms with Crippen LogP contribution in [0, 0.1) is 0 Å². The number of benzene rings is 2. The lowest BCUT2D eigenvalue weighted by Crippen LogP contribution is -2.44. The van der Waals surface area contributed by atoms with Gasteiger partial charge in [-0.2, -0.15) is 0 Å². The number of pyridine rings is 1. The fourth-order valence-electron chi connectivity index (χ4n) is 5.19. The van der Waals surface area contributed by atoms with Crippen molar-refractivity contribution in [2.24, 2.45) is 0 Å². The Balaban J connectivity index is 1.45. The number of hydrogen-bond donors (Lipinski definition) is 1. The van der Waals surface area contributed by atoms with Crippen molar-refractivity contribution in [1.82, 2.24) is 15.2 Å². The smallest absolute Gasteiger partial charge is 0.266 e. The van der Waals surface area contributed by atoms with Crippen LogP contribution in [0.5, 0.6) is 0 Å². The fourth-order valence-corrected chi connectivity index (χ4v) is 6.66. The predicted molar refractivity (Wildman–Crippen MR) is 156 cm³/mol. The maximum Gasteiger partial charge on any atom is 0.266 e. The van der Waals surface area contributed by atoms with Crippen LogP contribution in [0.25, 0.3) is 21.2 Å². The zero-order chi connectivity index (χ0) is 25.9. The number of thiophene rings is 1. The van der Waals surface area contributed by atoms with Gasteiger partial charge < -0.3 is 15.1 Å². The van der Waals surface area contributed by atoms with Gasteiger partial charge in [0.1, 0.15) is 10.7 Å². The molecule has 2 heterocycles. The summed E-state index contributed by atoms with van der Waals surface area (Å²) in [5.41, 5.74) is 3.27. The summed E-state index contributed by atoms with van der Waals surface area (Å²) in [5.74, 6) is 0.954. The molecule has 7 heteroatoms. The van der Waals surface area contributed by atoms with Crippen LogP contribution in [0.1, 0.15) is 40.9 Å². The van der Waals surface area contributed by atoms with Crippen LogP contribution in [0.4, 0.5) is 5.82 Å². The third-order valence-electron chi connectivity index (χ3n) is 7.36. The Morgan fingerprint density at radius 3 is 2.49 bits per heavy atom. The summed E-state index contributed by atoms with van der Waals surface area (Å²) < 4.78 is 1.05. The van der Waals surface area contributed by atoms with Gasteiger partial charge in [0.2, 0.25) is 0 Å². The lowest BCUT2D eigenvalue weighted by Gasteiger charge is -2.37. The number of nitrogens with one attached hydrogen (secondary N) is 1. The van der Waals surface area contributed by atoms with Crippen LogP contribution in [0.3, 0.4) is 0 Å². The van der Waals surface area contributed by atoms with E-state index in [1.807, 2.05) is 62.6 Å². The predicted octanol–water partition coefficient (Wildman–Crippen LogP) is 6.86. The molecule has 1 N–H and O–H groups in total. The Bertz CT molecular complexity index is 1380. The van der Waals surface area contributed by atoms with Gasteiger partial charge in [-0.15, -0.1) is 11.3 Å². The molecular formula is C30H33ClN4OS. The highest BCUT2D eigenvalue weighted by Gasteiger charge is 2.31. The number of anilines is 1. The minimum Gasteiger partial charge on any atom is -0.363 e. The van der Waals surface area contributed by atoms with Crippen LogP contribution >= 0.6 is 22.9 Å². The quantitative estimate of drug-likeness (QED) is 0.282. The van der Waals surface area contributed by atoms with E-state index >= 15 is 0 Å². The van der Waals surface area contributed by atoms with Gasteiger partial charge in [-0.3, -0.25) is 4.79 Å². The molecule has 192 valence electrons. The van der Waals surface area contributed by atoms with Crippen LogP contribution < -0.4 is 10.2 Å². The second-order valence-electron chi connectivity index (χ2n) is 9.97.